The number of aryl methyl sites for hydroxylation is 1. The molecule has 0 unspecified atom stereocenters. The summed E-state index contributed by atoms with van der Waals surface area (Å²) in [5.41, 5.74) is 1.97. The molecule has 0 N–H and O–H groups in total. The topological polar surface area (TPSA) is 35.5 Å². The molecule has 0 aromatic heterocycles. The van der Waals surface area contributed by atoms with Gasteiger partial charge >= 0.3 is 0 Å². The molecule has 0 amide bonds. The Kier molecular flexibility index (Phi) is 2.90. The van der Waals surface area contributed by atoms with Gasteiger partial charge in [-0.3, -0.25) is 4.79 Å². The van der Waals surface area contributed by atoms with Crippen molar-refractivity contribution in [3.05, 3.63) is 35.4 Å². The lowest BCUT2D eigenvalue weighted by Gasteiger charge is -2.19. The van der Waals surface area contributed by atoms with E-state index in [1.165, 1.54) is 0 Å². The summed E-state index contributed by atoms with van der Waals surface area (Å²) in [7, 11) is 3.28. The molecule has 0 spiro atoms. The summed E-state index contributed by atoms with van der Waals surface area (Å²) in [4.78, 5) is 12.0. The van der Waals surface area contributed by atoms with Gasteiger partial charge < -0.3 is 9.47 Å². The Morgan fingerprint density at radius 3 is 2.58 bits per heavy atom. The lowest BCUT2D eigenvalue weighted by molar-refractivity contribution is 0.0972. The van der Waals surface area contributed by atoms with Gasteiger partial charge in [-0.25, -0.2) is 0 Å². The average Bonchev–Trinajstić information content (AvgIpc) is 2.46. The first-order chi connectivity index (χ1) is 9.24. The summed E-state index contributed by atoms with van der Waals surface area (Å²) in [6.07, 6.45) is 2.52. The minimum absolute atomic E-state index is 0.220. The molecule has 0 bridgehead atoms. The number of fused-ring (bicyclic) bond motifs is 3. The maximum Gasteiger partial charge on any atom is 0.163 e. The largest absolute Gasteiger partial charge is 0.497 e. The van der Waals surface area contributed by atoms with E-state index in [-0.39, 0.29) is 5.78 Å². The van der Waals surface area contributed by atoms with Crippen LogP contribution in [0.15, 0.2) is 24.3 Å². The van der Waals surface area contributed by atoms with Gasteiger partial charge in [0.05, 0.1) is 14.2 Å². The molecule has 1 aliphatic rings. The maximum atomic E-state index is 12.0. The Morgan fingerprint density at radius 2 is 1.84 bits per heavy atom. The highest BCUT2D eigenvalue weighted by Gasteiger charge is 2.21. The molecule has 3 nitrogen and oxygen atoms in total. The highest BCUT2D eigenvalue weighted by Crippen LogP contribution is 2.37. The van der Waals surface area contributed by atoms with Gasteiger partial charge in [0.2, 0.25) is 0 Å². The molecule has 98 valence electrons. The monoisotopic (exact) mass is 256 g/mol. The predicted molar refractivity (Wildman–Crippen MR) is 74.3 cm³/mol. The van der Waals surface area contributed by atoms with Crippen LogP contribution < -0.4 is 9.47 Å². The zero-order valence-corrected chi connectivity index (χ0v) is 11.2. The molecule has 19 heavy (non-hydrogen) atoms. The van der Waals surface area contributed by atoms with Gasteiger partial charge in [0.15, 0.2) is 5.78 Å². The van der Waals surface area contributed by atoms with E-state index in [4.69, 9.17) is 9.47 Å². The van der Waals surface area contributed by atoms with Crippen LogP contribution in [-0.4, -0.2) is 20.0 Å². The zero-order valence-electron chi connectivity index (χ0n) is 11.2. The normalized spacial score (nSPS) is 14.3. The highest BCUT2D eigenvalue weighted by molar-refractivity contribution is 6.06. The fourth-order valence-electron chi connectivity index (χ4n) is 2.81. The Morgan fingerprint density at radius 1 is 1.00 bits per heavy atom. The average molecular weight is 256 g/mol. The van der Waals surface area contributed by atoms with Gasteiger partial charge in [0.25, 0.3) is 0 Å². The fraction of sp³-hybridized carbons (Fsp3) is 0.312. The third-order valence-electron chi connectivity index (χ3n) is 3.77. The smallest absolute Gasteiger partial charge is 0.163 e. The number of carbonyl (C=O) groups excluding carboxylic acids is 1. The second-order valence-electron chi connectivity index (χ2n) is 4.79. The summed E-state index contributed by atoms with van der Waals surface area (Å²) < 4.78 is 10.7. The van der Waals surface area contributed by atoms with Crippen molar-refractivity contribution in [2.75, 3.05) is 14.2 Å². The minimum atomic E-state index is 0.220. The number of ether oxygens (including phenoxy) is 2. The molecule has 2 aromatic carbocycles. The second-order valence-corrected chi connectivity index (χ2v) is 4.79. The standard InChI is InChI=1S/C16H16O3/c1-18-10-6-7-12-11-4-3-5-15(17)13(11)9-16(19-2)14(12)8-10/h6-9H,3-5H2,1-2H3. The summed E-state index contributed by atoms with van der Waals surface area (Å²) >= 11 is 0. The van der Waals surface area contributed by atoms with Crippen LogP contribution in [0.25, 0.3) is 10.8 Å². The van der Waals surface area contributed by atoms with Gasteiger partial charge in [-0.15, -0.1) is 0 Å². The molecule has 0 fully saturated rings. The Balaban J connectivity index is 2.35. The number of carbonyl (C=O) groups is 1. The molecule has 0 radical (unpaired) electrons. The van der Waals surface area contributed by atoms with E-state index < -0.39 is 0 Å². The van der Waals surface area contributed by atoms with E-state index in [0.29, 0.717) is 6.42 Å². The summed E-state index contributed by atoms with van der Waals surface area (Å²) in [6.45, 7) is 0. The molecule has 3 rings (SSSR count). The Labute approximate surface area is 112 Å². The van der Waals surface area contributed by atoms with E-state index in [1.54, 1.807) is 14.2 Å². The van der Waals surface area contributed by atoms with Crippen molar-refractivity contribution in [3.8, 4) is 11.5 Å². The highest BCUT2D eigenvalue weighted by atomic mass is 16.5. The molecule has 0 aliphatic heterocycles. The van der Waals surface area contributed by atoms with Crippen molar-refractivity contribution in [1.29, 1.82) is 0 Å². The molecule has 3 heteroatoms. The first-order valence-electron chi connectivity index (χ1n) is 6.45. The summed E-state index contributed by atoms with van der Waals surface area (Å²) in [5.74, 6) is 1.76. The number of Topliss-reactive ketones (excluding diaryl/α,β-unsaturated/α-hetero) is 1. The van der Waals surface area contributed by atoms with Crippen LogP contribution in [0, 0.1) is 0 Å². The summed E-state index contributed by atoms with van der Waals surface area (Å²) in [6, 6.07) is 7.79. The lowest BCUT2D eigenvalue weighted by atomic mass is 9.86. The number of rotatable bonds is 2. The Hall–Kier alpha value is -2.03. The van der Waals surface area contributed by atoms with Crippen LogP contribution in [0.3, 0.4) is 0 Å². The van der Waals surface area contributed by atoms with Crippen molar-refractivity contribution >= 4 is 16.6 Å². The lowest BCUT2D eigenvalue weighted by Crippen LogP contribution is -2.11. The van der Waals surface area contributed by atoms with Crippen LogP contribution >= 0.6 is 0 Å². The number of hydrogen-bond acceptors (Lipinski definition) is 3. The number of ketones is 1. The van der Waals surface area contributed by atoms with Gasteiger partial charge in [-0.05, 0) is 42.0 Å². The molecular formula is C16H16O3. The van der Waals surface area contributed by atoms with Crippen LogP contribution in [0.4, 0.5) is 0 Å². The molecule has 0 atom stereocenters. The molecule has 0 saturated carbocycles. The van der Waals surface area contributed by atoms with Crippen molar-refractivity contribution in [3.63, 3.8) is 0 Å². The zero-order chi connectivity index (χ0) is 13.4. The number of hydrogen-bond donors (Lipinski definition) is 0. The van der Waals surface area contributed by atoms with Gasteiger partial charge in [-0.1, -0.05) is 6.07 Å². The Bertz CT molecular complexity index is 659. The quantitative estimate of drug-likeness (QED) is 0.826. The molecular weight excluding hydrogens is 240 g/mol. The van der Waals surface area contributed by atoms with Gasteiger partial charge in [0, 0.05) is 17.4 Å². The van der Waals surface area contributed by atoms with Crippen LogP contribution in [0.2, 0.25) is 0 Å². The van der Waals surface area contributed by atoms with Crippen molar-refractivity contribution in [2.24, 2.45) is 0 Å². The first kappa shape index (κ1) is 12.0. The van der Waals surface area contributed by atoms with Crippen molar-refractivity contribution < 1.29 is 14.3 Å². The second kappa shape index (κ2) is 4.57. The number of benzene rings is 2. The van der Waals surface area contributed by atoms with E-state index >= 15 is 0 Å². The SMILES string of the molecule is COc1ccc2c3c(cc(OC)c2c1)C(=O)CCC3. The fourth-order valence-corrected chi connectivity index (χ4v) is 2.81. The number of methoxy groups -OCH3 is 2. The molecule has 2 aromatic rings. The van der Waals surface area contributed by atoms with Crippen LogP contribution in [0.5, 0.6) is 11.5 Å². The third kappa shape index (κ3) is 1.86. The van der Waals surface area contributed by atoms with E-state index in [9.17, 15) is 4.79 Å². The molecule has 1 aliphatic carbocycles. The van der Waals surface area contributed by atoms with Gasteiger partial charge in [-0.2, -0.15) is 0 Å². The molecule has 0 saturated heterocycles. The van der Waals surface area contributed by atoms with Crippen LogP contribution in [0.1, 0.15) is 28.8 Å². The van der Waals surface area contributed by atoms with Crippen molar-refractivity contribution in [2.45, 2.75) is 19.3 Å². The van der Waals surface area contributed by atoms with E-state index in [2.05, 4.69) is 0 Å². The minimum Gasteiger partial charge on any atom is -0.497 e. The van der Waals surface area contributed by atoms with Crippen molar-refractivity contribution in [1.82, 2.24) is 0 Å². The van der Waals surface area contributed by atoms with Crippen LogP contribution in [-0.2, 0) is 6.42 Å². The predicted octanol–water partition coefficient (Wildman–Crippen LogP) is 3.38. The first-order valence-corrected chi connectivity index (χ1v) is 6.45. The van der Waals surface area contributed by atoms with E-state index in [0.717, 1.165) is 46.2 Å². The maximum absolute atomic E-state index is 12.0. The summed E-state index contributed by atoms with van der Waals surface area (Å²) in [5, 5.41) is 2.11. The third-order valence-corrected chi connectivity index (χ3v) is 3.77. The molecule has 0 heterocycles. The van der Waals surface area contributed by atoms with Gasteiger partial charge in [0.1, 0.15) is 11.5 Å². The van der Waals surface area contributed by atoms with E-state index in [1.807, 2.05) is 24.3 Å².